The van der Waals surface area contributed by atoms with Crippen molar-refractivity contribution in [3.05, 3.63) is 129 Å². The van der Waals surface area contributed by atoms with Gasteiger partial charge >= 0.3 is 0 Å². The van der Waals surface area contributed by atoms with E-state index in [-0.39, 0.29) is 16.2 Å². The number of allylic oxidation sites excluding steroid dienone is 2. The predicted octanol–water partition coefficient (Wildman–Crippen LogP) is 12.1. The normalized spacial score (nSPS) is 17.6. The van der Waals surface area contributed by atoms with Gasteiger partial charge < -0.3 is 0 Å². The van der Waals surface area contributed by atoms with E-state index in [1.807, 2.05) is 0 Å². The SMILES string of the molecule is CC(C)(C)c1ccc(-c2cccc3c2C=C(C2(C4=Cc5c(cccc5-c5ccc(C(C)(C)C)cc5)C4)CCCCC2)C3)cc1. The van der Waals surface area contributed by atoms with Gasteiger partial charge in [0.2, 0.25) is 0 Å². The molecule has 0 atom stereocenters. The summed E-state index contributed by atoms with van der Waals surface area (Å²) in [6.07, 6.45) is 13.9. The van der Waals surface area contributed by atoms with Crippen LogP contribution < -0.4 is 0 Å². The average Bonchev–Trinajstić information content (AvgIpc) is 3.66. The van der Waals surface area contributed by atoms with Gasteiger partial charge in [-0.25, -0.2) is 0 Å². The third kappa shape index (κ3) is 5.11. The molecule has 4 aromatic carbocycles. The van der Waals surface area contributed by atoms with Crippen molar-refractivity contribution >= 4 is 12.2 Å². The lowest BCUT2D eigenvalue weighted by atomic mass is 9.63. The summed E-state index contributed by atoms with van der Waals surface area (Å²) in [4.78, 5) is 0. The number of rotatable bonds is 4. The molecule has 0 amide bonds. The zero-order valence-corrected chi connectivity index (χ0v) is 27.7. The van der Waals surface area contributed by atoms with E-state index >= 15 is 0 Å². The maximum atomic E-state index is 2.61. The molecule has 0 nitrogen and oxygen atoms in total. The Balaban J connectivity index is 1.26. The van der Waals surface area contributed by atoms with Crippen LogP contribution in [0.4, 0.5) is 0 Å². The van der Waals surface area contributed by atoms with Crippen LogP contribution in [0.15, 0.2) is 96.1 Å². The fourth-order valence-electron chi connectivity index (χ4n) is 8.16. The Morgan fingerprint density at radius 1 is 0.477 bits per heavy atom. The Kier molecular flexibility index (Phi) is 7.12. The van der Waals surface area contributed by atoms with E-state index in [4.69, 9.17) is 0 Å². The van der Waals surface area contributed by atoms with Crippen LogP contribution in [0.2, 0.25) is 0 Å². The minimum Gasteiger partial charge on any atom is -0.0613 e. The molecule has 3 aliphatic rings. The first-order valence-electron chi connectivity index (χ1n) is 16.9. The smallest absolute Gasteiger partial charge is 0.0134 e. The molecule has 1 saturated carbocycles. The van der Waals surface area contributed by atoms with Crippen molar-refractivity contribution in [2.75, 3.05) is 0 Å². The molecule has 7 rings (SSSR count). The van der Waals surface area contributed by atoms with Crippen molar-refractivity contribution in [2.45, 2.75) is 97.3 Å². The molecule has 0 N–H and O–H groups in total. The van der Waals surface area contributed by atoms with E-state index in [0.717, 1.165) is 12.8 Å². The molecule has 0 aromatic heterocycles. The standard InChI is InChI=1S/C44H48/c1-42(2,3)34-20-16-30(17-21-34)38-14-10-12-32-26-36(28-40(32)38)44(24-8-7-9-25-44)37-27-33-13-11-15-39(41(33)29-37)31-18-22-35(23-19-31)43(4,5)6/h10-23,28-29H,7-9,24-27H2,1-6H3. The van der Waals surface area contributed by atoms with E-state index in [1.165, 1.54) is 87.7 Å². The largest absolute Gasteiger partial charge is 0.0613 e. The Morgan fingerprint density at radius 3 is 1.27 bits per heavy atom. The minimum atomic E-state index is 0.164. The quantitative estimate of drug-likeness (QED) is 0.227. The Hall–Kier alpha value is -3.64. The molecule has 0 heteroatoms. The van der Waals surface area contributed by atoms with Gasteiger partial charge in [0.05, 0.1) is 0 Å². The van der Waals surface area contributed by atoms with Crippen LogP contribution in [0.5, 0.6) is 0 Å². The van der Waals surface area contributed by atoms with Gasteiger partial charge in [-0.15, -0.1) is 0 Å². The van der Waals surface area contributed by atoms with Gasteiger partial charge in [-0.1, -0.05) is 169 Å². The van der Waals surface area contributed by atoms with E-state index in [0.29, 0.717) is 0 Å². The molecule has 0 bridgehead atoms. The fraction of sp³-hybridized carbons (Fsp3) is 0.364. The van der Waals surface area contributed by atoms with E-state index in [1.54, 1.807) is 11.1 Å². The summed E-state index contributed by atoms with van der Waals surface area (Å²) in [5, 5.41) is 0. The molecule has 0 heterocycles. The van der Waals surface area contributed by atoms with Crippen LogP contribution >= 0.6 is 0 Å². The monoisotopic (exact) mass is 576 g/mol. The first-order valence-corrected chi connectivity index (χ1v) is 16.9. The average molecular weight is 577 g/mol. The molecule has 0 saturated heterocycles. The second-order valence-corrected chi connectivity index (χ2v) is 15.7. The highest BCUT2D eigenvalue weighted by molar-refractivity contribution is 5.84. The van der Waals surface area contributed by atoms with Gasteiger partial charge in [0.25, 0.3) is 0 Å². The van der Waals surface area contributed by atoms with Crippen LogP contribution in [0, 0.1) is 5.41 Å². The molecule has 0 radical (unpaired) electrons. The first-order chi connectivity index (χ1) is 21.0. The van der Waals surface area contributed by atoms with Gasteiger partial charge in [-0.05, 0) is 92.1 Å². The summed E-state index contributed by atoms with van der Waals surface area (Å²) in [5.41, 5.74) is 17.9. The number of hydrogen-bond acceptors (Lipinski definition) is 0. The summed E-state index contributed by atoms with van der Waals surface area (Å²) >= 11 is 0. The van der Waals surface area contributed by atoms with Crippen molar-refractivity contribution in [1.82, 2.24) is 0 Å². The lowest BCUT2D eigenvalue weighted by Gasteiger charge is -2.40. The molecular weight excluding hydrogens is 528 g/mol. The van der Waals surface area contributed by atoms with Gasteiger partial charge in [0.1, 0.15) is 0 Å². The summed E-state index contributed by atoms with van der Waals surface area (Å²) in [6.45, 7) is 13.8. The first kappa shape index (κ1) is 29.1. The van der Waals surface area contributed by atoms with Gasteiger partial charge in [0.15, 0.2) is 0 Å². The predicted molar refractivity (Wildman–Crippen MR) is 190 cm³/mol. The second kappa shape index (κ2) is 10.8. The molecule has 0 unspecified atom stereocenters. The number of benzene rings is 4. The van der Waals surface area contributed by atoms with Crippen LogP contribution in [-0.2, 0) is 23.7 Å². The third-order valence-corrected chi connectivity index (χ3v) is 10.9. The molecule has 44 heavy (non-hydrogen) atoms. The molecule has 1 fully saturated rings. The molecule has 0 spiro atoms. The van der Waals surface area contributed by atoms with Crippen LogP contribution in [0.1, 0.15) is 107 Å². The summed E-state index contributed by atoms with van der Waals surface area (Å²) in [5.74, 6) is 0. The highest BCUT2D eigenvalue weighted by atomic mass is 14.5. The van der Waals surface area contributed by atoms with Crippen molar-refractivity contribution in [1.29, 1.82) is 0 Å². The lowest BCUT2D eigenvalue weighted by molar-refractivity contribution is 0.286. The Morgan fingerprint density at radius 2 is 0.886 bits per heavy atom. The molecular formula is C44H48. The summed E-state index contributed by atoms with van der Waals surface area (Å²) in [7, 11) is 0. The summed E-state index contributed by atoms with van der Waals surface area (Å²) in [6, 6.07) is 32.6. The maximum absolute atomic E-state index is 2.61. The minimum absolute atomic E-state index is 0.164. The van der Waals surface area contributed by atoms with Crippen LogP contribution in [0.25, 0.3) is 34.4 Å². The zero-order chi connectivity index (χ0) is 30.7. The van der Waals surface area contributed by atoms with E-state index in [9.17, 15) is 0 Å². The fourth-order valence-corrected chi connectivity index (χ4v) is 8.16. The van der Waals surface area contributed by atoms with Crippen LogP contribution in [0.3, 0.4) is 0 Å². The number of fused-ring (bicyclic) bond motifs is 2. The van der Waals surface area contributed by atoms with Crippen molar-refractivity contribution in [2.24, 2.45) is 5.41 Å². The Bertz CT molecular complexity index is 1630. The summed E-state index contributed by atoms with van der Waals surface area (Å²) < 4.78 is 0. The third-order valence-electron chi connectivity index (χ3n) is 10.9. The molecule has 0 aliphatic heterocycles. The van der Waals surface area contributed by atoms with Crippen LogP contribution in [-0.4, -0.2) is 0 Å². The lowest BCUT2D eigenvalue weighted by Crippen LogP contribution is -2.29. The second-order valence-electron chi connectivity index (χ2n) is 15.7. The van der Waals surface area contributed by atoms with Crippen molar-refractivity contribution < 1.29 is 0 Å². The van der Waals surface area contributed by atoms with Gasteiger partial charge in [0, 0.05) is 5.41 Å². The van der Waals surface area contributed by atoms with Gasteiger partial charge in [-0.3, -0.25) is 0 Å². The van der Waals surface area contributed by atoms with E-state index in [2.05, 4.69) is 139 Å². The number of hydrogen-bond donors (Lipinski definition) is 0. The van der Waals surface area contributed by atoms with Gasteiger partial charge in [-0.2, -0.15) is 0 Å². The maximum Gasteiger partial charge on any atom is 0.0134 e. The highest BCUT2D eigenvalue weighted by Gasteiger charge is 2.42. The van der Waals surface area contributed by atoms with E-state index < -0.39 is 0 Å². The Labute approximate surface area is 266 Å². The topological polar surface area (TPSA) is 0 Å². The van der Waals surface area contributed by atoms with Crippen molar-refractivity contribution in [3.8, 4) is 22.3 Å². The molecule has 3 aliphatic carbocycles. The zero-order valence-electron chi connectivity index (χ0n) is 27.7. The van der Waals surface area contributed by atoms with Crippen molar-refractivity contribution in [3.63, 3.8) is 0 Å². The highest BCUT2D eigenvalue weighted by Crippen LogP contribution is 2.55. The molecule has 4 aromatic rings. The molecule has 224 valence electrons.